The number of hydrogen-bond acceptors (Lipinski definition) is 5. The largest absolute Gasteiger partial charge is 0.493 e. The number of carbonyl (C=O) groups is 1. The zero-order valence-corrected chi connectivity index (χ0v) is 18.3. The number of benzene rings is 2. The van der Waals surface area contributed by atoms with Gasteiger partial charge in [0.1, 0.15) is 11.3 Å². The summed E-state index contributed by atoms with van der Waals surface area (Å²) in [6, 6.07) is 14.9. The Morgan fingerprint density at radius 2 is 1.87 bits per heavy atom. The third-order valence-corrected chi connectivity index (χ3v) is 4.77. The number of carbonyl (C=O) groups excluding carboxylic acids is 1. The molecule has 0 saturated carbocycles. The minimum absolute atomic E-state index is 0.0762. The van der Waals surface area contributed by atoms with E-state index in [1.165, 1.54) is 24.3 Å². The summed E-state index contributed by atoms with van der Waals surface area (Å²) in [6.45, 7) is -2.75. The molecule has 0 N–H and O–H groups in total. The molecule has 3 aromatic rings. The maximum Gasteiger partial charge on any atom is 0.387 e. The number of pyridine rings is 1. The van der Waals surface area contributed by atoms with Crippen molar-refractivity contribution < 1.29 is 27.8 Å². The first-order chi connectivity index (χ1) is 14.9. The molecule has 0 aliphatic heterocycles. The molecule has 2 aromatic carbocycles. The Morgan fingerprint density at radius 3 is 2.55 bits per heavy atom. The Morgan fingerprint density at radius 1 is 1.13 bits per heavy atom. The van der Waals surface area contributed by atoms with E-state index in [-0.39, 0.29) is 35.4 Å². The molecule has 6 nitrogen and oxygen atoms in total. The van der Waals surface area contributed by atoms with Crippen molar-refractivity contribution in [1.82, 2.24) is 9.88 Å². The van der Waals surface area contributed by atoms with Crippen LogP contribution in [0.2, 0.25) is 0 Å². The van der Waals surface area contributed by atoms with E-state index in [4.69, 9.17) is 9.47 Å². The summed E-state index contributed by atoms with van der Waals surface area (Å²) in [7, 11) is 2.97. The van der Waals surface area contributed by atoms with Crippen LogP contribution in [0.1, 0.15) is 15.9 Å². The van der Waals surface area contributed by atoms with Crippen molar-refractivity contribution in [2.45, 2.75) is 13.2 Å². The van der Waals surface area contributed by atoms with Crippen LogP contribution in [0.25, 0.3) is 0 Å². The SMILES string of the molecule is COc1cc(CN(C)C(=O)c2cccnc2Oc2ccc(Br)cc2)ccc1OC(F)F. The molecule has 0 aliphatic carbocycles. The summed E-state index contributed by atoms with van der Waals surface area (Å²) in [6.07, 6.45) is 1.54. The average Bonchev–Trinajstić information content (AvgIpc) is 2.76. The van der Waals surface area contributed by atoms with Crippen molar-refractivity contribution in [3.8, 4) is 23.1 Å². The first-order valence-corrected chi connectivity index (χ1v) is 9.92. The predicted molar refractivity (Wildman–Crippen MR) is 114 cm³/mol. The number of methoxy groups -OCH3 is 1. The van der Waals surface area contributed by atoms with Crippen LogP contribution in [0.5, 0.6) is 23.1 Å². The molecular weight excluding hydrogens is 474 g/mol. The summed E-state index contributed by atoms with van der Waals surface area (Å²) < 4.78 is 41.2. The van der Waals surface area contributed by atoms with Gasteiger partial charge in [-0.3, -0.25) is 4.79 Å². The van der Waals surface area contributed by atoms with Gasteiger partial charge in [0.05, 0.1) is 7.11 Å². The number of ether oxygens (including phenoxy) is 3. The van der Waals surface area contributed by atoms with Crippen LogP contribution in [-0.2, 0) is 6.54 Å². The number of rotatable bonds is 8. The van der Waals surface area contributed by atoms with Crippen LogP contribution in [0.3, 0.4) is 0 Å². The molecular formula is C22H19BrF2N2O4. The Hall–Kier alpha value is -3.20. The Labute approximate surface area is 186 Å². The molecule has 1 heterocycles. The molecule has 0 aliphatic rings. The van der Waals surface area contributed by atoms with Crippen molar-refractivity contribution in [2.24, 2.45) is 0 Å². The van der Waals surface area contributed by atoms with E-state index in [0.717, 1.165) is 4.47 Å². The number of hydrogen-bond donors (Lipinski definition) is 0. The van der Waals surface area contributed by atoms with Crippen LogP contribution in [-0.4, -0.2) is 36.6 Å². The zero-order chi connectivity index (χ0) is 22.4. The van der Waals surface area contributed by atoms with E-state index in [1.54, 1.807) is 43.4 Å². The molecule has 0 radical (unpaired) electrons. The highest BCUT2D eigenvalue weighted by atomic mass is 79.9. The average molecular weight is 493 g/mol. The molecule has 3 rings (SSSR count). The van der Waals surface area contributed by atoms with Gasteiger partial charge in [0.2, 0.25) is 5.88 Å². The fourth-order valence-electron chi connectivity index (χ4n) is 2.80. The smallest absolute Gasteiger partial charge is 0.387 e. The molecule has 0 unspecified atom stereocenters. The van der Waals surface area contributed by atoms with Crippen molar-refractivity contribution in [3.05, 3.63) is 76.4 Å². The number of amides is 1. The molecule has 0 fully saturated rings. The second kappa shape index (κ2) is 10.2. The lowest BCUT2D eigenvalue weighted by molar-refractivity contribution is -0.0512. The van der Waals surface area contributed by atoms with Crippen LogP contribution in [0, 0.1) is 0 Å². The second-order valence-electron chi connectivity index (χ2n) is 6.44. The maximum absolute atomic E-state index is 13.0. The first-order valence-electron chi connectivity index (χ1n) is 9.13. The molecule has 0 atom stereocenters. The van der Waals surface area contributed by atoms with Crippen molar-refractivity contribution in [3.63, 3.8) is 0 Å². The quantitative estimate of drug-likeness (QED) is 0.414. The minimum atomic E-state index is -2.96. The number of alkyl halides is 2. The Bertz CT molecular complexity index is 1050. The Balaban J connectivity index is 1.77. The van der Waals surface area contributed by atoms with Gasteiger partial charge < -0.3 is 19.1 Å². The normalized spacial score (nSPS) is 10.6. The van der Waals surface area contributed by atoms with Gasteiger partial charge in [-0.25, -0.2) is 4.98 Å². The zero-order valence-electron chi connectivity index (χ0n) is 16.7. The fourth-order valence-corrected chi connectivity index (χ4v) is 3.07. The van der Waals surface area contributed by atoms with Crippen LogP contribution < -0.4 is 14.2 Å². The third kappa shape index (κ3) is 5.91. The lowest BCUT2D eigenvalue weighted by Gasteiger charge is -2.19. The molecule has 162 valence electrons. The third-order valence-electron chi connectivity index (χ3n) is 4.24. The standard InChI is InChI=1S/C22H19BrF2N2O4/c1-27(13-14-5-10-18(31-22(24)25)19(12-14)29-2)21(28)17-4-3-11-26-20(17)30-16-8-6-15(23)7-9-16/h3-12,22H,13H2,1-2H3. The van der Waals surface area contributed by atoms with Gasteiger partial charge in [-0.1, -0.05) is 22.0 Å². The highest BCUT2D eigenvalue weighted by molar-refractivity contribution is 9.10. The summed E-state index contributed by atoms with van der Waals surface area (Å²) in [5, 5.41) is 0. The number of halogens is 3. The highest BCUT2D eigenvalue weighted by Gasteiger charge is 2.19. The predicted octanol–water partition coefficient (Wildman–Crippen LogP) is 5.52. The molecule has 31 heavy (non-hydrogen) atoms. The van der Waals surface area contributed by atoms with Gasteiger partial charge in [-0.2, -0.15) is 8.78 Å². The van der Waals surface area contributed by atoms with Gasteiger partial charge in [0, 0.05) is 24.3 Å². The van der Waals surface area contributed by atoms with E-state index in [9.17, 15) is 13.6 Å². The van der Waals surface area contributed by atoms with Crippen LogP contribution in [0.4, 0.5) is 8.78 Å². The Kier molecular flexibility index (Phi) is 7.41. The highest BCUT2D eigenvalue weighted by Crippen LogP contribution is 2.30. The lowest BCUT2D eigenvalue weighted by atomic mass is 10.1. The molecule has 9 heteroatoms. The van der Waals surface area contributed by atoms with E-state index in [1.807, 2.05) is 12.1 Å². The summed E-state index contributed by atoms with van der Waals surface area (Å²) >= 11 is 3.36. The topological polar surface area (TPSA) is 60.9 Å². The molecule has 0 spiro atoms. The fraction of sp³-hybridized carbons (Fsp3) is 0.182. The lowest BCUT2D eigenvalue weighted by Crippen LogP contribution is -2.26. The van der Waals surface area contributed by atoms with Gasteiger partial charge in [-0.05, 0) is 54.1 Å². The van der Waals surface area contributed by atoms with Gasteiger partial charge in [0.25, 0.3) is 5.91 Å². The van der Waals surface area contributed by atoms with Crippen molar-refractivity contribution in [2.75, 3.05) is 14.2 Å². The first kappa shape index (κ1) is 22.5. The molecule has 1 amide bonds. The molecule has 0 saturated heterocycles. The second-order valence-corrected chi connectivity index (χ2v) is 7.35. The molecule has 1 aromatic heterocycles. The van der Waals surface area contributed by atoms with Gasteiger partial charge in [-0.15, -0.1) is 0 Å². The summed E-state index contributed by atoms with van der Waals surface area (Å²) in [4.78, 5) is 18.7. The van der Waals surface area contributed by atoms with Crippen LogP contribution in [0.15, 0.2) is 65.3 Å². The number of aromatic nitrogens is 1. The maximum atomic E-state index is 13.0. The van der Waals surface area contributed by atoms with E-state index in [0.29, 0.717) is 11.3 Å². The van der Waals surface area contributed by atoms with Crippen molar-refractivity contribution >= 4 is 21.8 Å². The van der Waals surface area contributed by atoms with Gasteiger partial charge in [0.15, 0.2) is 11.5 Å². The van der Waals surface area contributed by atoms with E-state index in [2.05, 4.69) is 25.7 Å². The summed E-state index contributed by atoms with van der Waals surface area (Å²) in [5.41, 5.74) is 0.964. The molecule has 0 bridgehead atoms. The van der Waals surface area contributed by atoms with Crippen molar-refractivity contribution in [1.29, 1.82) is 0 Å². The van der Waals surface area contributed by atoms with E-state index >= 15 is 0 Å². The minimum Gasteiger partial charge on any atom is -0.493 e. The van der Waals surface area contributed by atoms with E-state index < -0.39 is 6.61 Å². The monoisotopic (exact) mass is 492 g/mol. The number of nitrogens with zero attached hydrogens (tertiary/aromatic N) is 2. The van der Waals surface area contributed by atoms with Gasteiger partial charge >= 0.3 is 6.61 Å². The summed E-state index contributed by atoms with van der Waals surface area (Å²) in [5.74, 6) is 0.483. The van der Waals surface area contributed by atoms with Crippen LogP contribution >= 0.6 is 15.9 Å².